The number of para-hydroxylation sites is 1. The van der Waals surface area contributed by atoms with E-state index >= 15 is 0 Å². The third-order valence-electron chi connectivity index (χ3n) is 3.01. The summed E-state index contributed by atoms with van der Waals surface area (Å²) in [5, 5.41) is 21.3. The van der Waals surface area contributed by atoms with Crippen molar-refractivity contribution in [1.29, 1.82) is 0 Å². The van der Waals surface area contributed by atoms with Crippen LogP contribution in [0, 0.1) is 11.6 Å². The number of fused-ring (bicyclic) bond motifs is 1. The summed E-state index contributed by atoms with van der Waals surface area (Å²) in [4.78, 5) is 3.70. The lowest BCUT2D eigenvalue weighted by molar-refractivity contribution is -0.0420. The zero-order valence-corrected chi connectivity index (χ0v) is 10.5. The van der Waals surface area contributed by atoms with Gasteiger partial charge in [-0.3, -0.25) is 0 Å². The number of anilines is 2. The van der Waals surface area contributed by atoms with Gasteiger partial charge in [-0.2, -0.15) is 0 Å². The molecule has 0 aliphatic carbocycles. The predicted octanol–water partition coefficient (Wildman–Crippen LogP) is 2.83. The van der Waals surface area contributed by atoms with Crippen LogP contribution in [0.15, 0.2) is 41.1 Å². The van der Waals surface area contributed by atoms with Crippen molar-refractivity contribution >= 4 is 22.5 Å². The van der Waals surface area contributed by atoms with Crippen LogP contribution in [-0.2, 0) is 0 Å². The minimum atomic E-state index is -1.96. The van der Waals surface area contributed by atoms with Crippen LogP contribution < -0.4 is 5.32 Å². The fourth-order valence-electron chi connectivity index (χ4n) is 2.01. The minimum Gasteiger partial charge on any atom is -0.443 e. The maximum atomic E-state index is 14.4. The fraction of sp³-hybridized carbons (Fsp3) is 0.0714. The van der Waals surface area contributed by atoms with Crippen LogP contribution in [0.4, 0.5) is 20.2 Å². The summed E-state index contributed by atoms with van der Waals surface area (Å²) in [6, 6.07) is 6.88. The largest absolute Gasteiger partial charge is 0.443 e. The number of oxazole rings is 1. The molecule has 0 saturated heterocycles. The summed E-state index contributed by atoms with van der Waals surface area (Å²) >= 11 is 0. The average molecular weight is 292 g/mol. The number of hydrogen-bond acceptors (Lipinski definition) is 5. The van der Waals surface area contributed by atoms with E-state index in [0.717, 1.165) is 6.39 Å². The second kappa shape index (κ2) is 5.12. The molecule has 0 aliphatic rings. The standard InChI is InChI=1S/C14H10F2N2O3/c15-8-3-1-2-4-9(8)18-12-7(14(19)20)5-10-13(11(12)16)17-6-21-10/h1-6,14,18-20H. The van der Waals surface area contributed by atoms with Crippen molar-refractivity contribution in [3.8, 4) is 0 Å². The number of nitrogens with zero attached hydrogens (tertiary/aromatic N) is 1. The van der Waals surface area contributed by atoms with E-state index in [-0.39, 0.29) is 28.0 Å². The van der Waals surface area contributed by atoms with Gasteiger partial charge >= 0.3 is 0 Å². The van der Waals surface area contributed by atoms with Gasteiger partial charge in [0.05, 0.1) is 11.4 Å². The van der Waals surface area contributed by atoms with E-state index in [2.05, 4.69) is 10.3 Å². The van der Waals surface area contributed by atoms with E-state index in [4.69, 9.17) is 4.42 Å². The molecule has 0 atom stereocenters. The topological polar surface area (TPSA) is 78.5 Å². The smallest absolute Gasteiger partial charge is 0.182 e. The number of aromatic nitrogens is 1. The Balaban J connectivity index is 2.18. The maximum absolute atomic E-state index is 14.4. The summed E-state index contributed by atoms with van der Waals surface area (Å²) in [6.07, 6.45) is -0.919. The molecule has 0 spiro atoms. The maximum Gasteiger partial charge on any atom is 0.182 e. The van der Waals surface area contributed by atoms with Crippen LogP contribution in [0.3, 0.4) is 0 Å². The molecule has 0 bridgehead atoms. The second-order valence-corrected chi connectivity index (χ2v) is 4.33. The molecule has 0 saturated carbocycles. The molecular weight excluding hydrogens is 282 g/mol. The van der Waals surface area contributed by atoms with E-state index in [0.29, 0.717) is 0 Å². The van der Waals surface area contributed by atoms with E-state index in [9.17, 15) is 19.0 Å². The van der Waals surface area contributed by atoms with Crippen LogP contribution in [-0.4, -0.2) is 15.2 Å². The second-order valence-electron chi connectivity index (χ2n) is 4.33. The summed E-state index contributed by atoms with van der Waals surface area (Å²) in [7, 11) is 0. The van der Waals surface area contributed by atoms with Gasteiger partial charge in [-0.1, -0.05) is 12.1 Å². The number of aliphatic hydroxyl groups is 2. The zero-order valence-electron chi connectivity index (χ0n) is 10.5. The number of nitrogens with one attached hydrogen (secondary N) is 1. The Hall–Kier alpha value is -2.51. The van der Waals surface area contributed by atoms with Crippen molar-refractivity contribution in [3.05, 3.63) is 53.9 Å². The van der Waals surface area contributed by atoms with Crippen LogP contribution in [0.1, 0.15) is 11.9 Å². The Morgan fingerprint density at radius 1 is 1.19 bits per heavy atom. The van der Waals surface area contributed by atoms with E-state index in [1.807, 2.05) is 0 Å². The first-order chi connectivity index (χ1) is 10.1. The van der Waals surface area contributed by atoms with Gasteiger partial charge in [0.1, 0.15) is 11.3 Å². The molecule has 1 heterocycles. The minimum absolute atomic E-state index is 0.00106. The van der Waals surface area contributed by atoms with Gasteiger partial charge in [-0.25, -0.2) is 13.8 Å². The van der Waals surface area contributed by atoms with Crippen LogP contribution in [0.25, 0.3) is 11.1 Å². The van der Waals surface area contributed by atoms with Gasteiger partial charge in [-0.15, -0.1) is 0 Å². The van der Waals surface area contributed by atoms with Gasteiger partial charge in [0.15, 0.2) is 24.1 Å². The molecule has 0 radical (unpaired) electrons. The summed E-state index contributed by atoms with van der Waals surface area (Å²) < 4.78 is 33.0. The molecule has 2 aromatic carbocycles. The lowest BCUT2D eigenvalue weighted by Crippen LogP contribution is -2.05. The molecular formula is C14H10F2N2O3. The molecule has 7 heteroatoms. The van der Waals surface area contributed by atoms with Gasteiger partial charge < -0.3 is 19.9 Å². The molecule has 3 aromatic rings. The van der Waals surface area contributed by atoms with Crippen molar-refractivity contribution in [2.75, 3.05) is 5.32 Å². The Bertz CT molecular complexity index is 802. The molecule has 0 amide bonds. The Labute approximate surface area is 117 Å². The SMILES string of the molecule is OC(O)c1cc2ocnc2c(F)c1Nc1ccccc1F. The van der Waals surface area contributed by atoms with E-state index in [1.54, 1.807) is 6.07 Å². The number of aliphatic hydroxyl groups excluding tert-OH is 1. The highest BCUT2D eigenvalue weighted by atomic mass is 19.1. The Morgan fingerprint density at radius 3 is 2.67 bits per heavy atom. The normalized spacial score (nSPS) is 11.3. The number of halogens is 2. The lowest BCUT2D eigenvalue weighted by Gasteiger charge is -2.15. The third-order valence-corrected chi connectivity index (χ3v) is 3.01. The molecule has 1 aromatic heterocycles. The number of benzene rings is 2. The monoisotopic (exact) mass is 292 g/mol. The molecule has 3 rings (SSSR count). The first-order valence-electron chi connectivity index (χ1n) is 6.01. The molecule has 108 valence electrons. The van der Waals surface area contributed by atoms with Crippen molar-refractivity contribution in [2.45, 2.75) is 6.29 Å². The van der Waals surface area contributed by atoms with Crippen molar-refractivity contribution in [3.63, 3.8) is 0 Å². The quantitative estimate of drug-likeness (QED) is 0.647. The highest BCUT2D eigenvalue weighted by Crippen LogP contribution is 2.33. The van der Waals surface area contributed by atoms with Gasteiger partial charge in [0.2, 0.25) is 0 Å². The van der Waals surface area contributed by atoms with Crippen molar-refractivity contribution < 1.29 is 23.4 Å². The molecule has 0 aliphatic heterocycles. The lowest BCUT2D eigenvalue weighted by atomic mass is 10.1. The third kappa shape index (κ3) is 2.32. The van der Waals surface area contributed by atoms with Crippen molar-refractivity contribution in [2.24, 2.45) is 0 Å². The first kappa shape index (κ1) is 13.5. The van der Waals surface area contributed by atoms with Gasteiger partial charge in [0, 0.05) is 5.56 Å². The van der Waals surface area contributed by atoms with Crippen molar-refractivity contribution in [1.82, 2.24) is 4.98 Å². The fourth-order valence-corrected chi connectivity index (χ4v) is 2.01. The van der Waals surface area contributed by atoms with E-state index in [1.165, 1.54) is 24.3 Å². The average Bonchev–Trinajstić information content (AvgIpc) is 2.92. The zero-order chi connectivity index (χ0) is 15.0. The number of hydrogen-bond donors (Lipinski definition) is 3. The summed E-state index contributed by atoms with van der Waals surface area (Å²) in [6.45, 7) is 0. The molecule has 0 fully saturated rings. The van der Waals surface area contributed by atoms with Gasteiger partial charge in [-0.05, 0) is 18.2 Å². The van der Waals surface area contributed by atoms with Gasteiger partial charge in [0.25, 0.3) is 0 Å². The number of rotatable bonds is 3. The first-order valence-corrected chi connectivity index (χ1v) is 6.01. The van der Waals surface area contributed by atoms with Crippen LogP contribution in [0.2, 0.25) is 0 Å². The Morgan fingerprint density at radius 2 is 1.95 bits per heavy atom. The molecule has 3 N–H and O–H groups in total. The van der Waals surface area contributed by atoms with Crippen LogP contribution >= 0.6 is 0 Å². The summed E-state index contributed by atoms with van der Waals surface area (Å²) in [5.74, 6) is -1.46. The summed E-state index contributed by atoms with van der Waals surface area (Å²) in [5.41, 5.74) is -0.467. The van der Waals surface area contributed by atoms with Crippen LogP contribution in [0.5, 0.6) is 0 Å². The Kier molecular flexibility index (Phi) is 3.28. The molecule has 21 heavy (non-hydrogen) atoms. The predicted molar refractivity (Wildman–Crippen MR) is 70.8 cm³/mol. The highest BCUT2D eigenvalue weighted by molar-refractivity contribution is 5.82. The highest BCUT2D eigenvalue weighted by Gasteiger charge is 2.21. The van der Waals surface area contributed by atoms with E-state index < -0.39 is 17.9 Å². The molecule has 5 nitrogen and oxygen atoms in total. The molecule has 0 unspecified atom stereocenters.